The number of pyridine rings is 1. The lowest BCUT2D eigenvalue weighted by atomic mass is 9.76. The fourth-order valence-electron chi connectivity index (χ4n) is 4.26. The Labute approximate surface area is 156 Å². The van der Waals surface area contributed by atoms with Gasteiger partial charge in [0.25, 0.3) is 0 Å². The van der Waals surface area contributed by atoms with Crippen LogP contribution in [0, 0.1) is 5.92 Å². The molecule has 2 aliphatic rings. The van der Waals surface area contributed by atoms with Gasteiger partial charge >= 0.3 is 6.09 Å². The SMILES string of the molecule is CC(C)(C)OC(=O)N1C2CCCC1CC(C(=O)CCc1ccccn1)C2. The van der Waals surface area contributed by atoms with Gasteiger partial charge in [0.1, 0.15) is 11.4 Å². The van der Waals surface area contributed by atoms with Crippen molar-refractivity contribution in [3.05, 3.63) is 30.1 Å². The molecular formula is C21H30N2O3. The summed E-state index contributed by atoms with van der Waals surface area (Å²) in [6.07, 6.45) is 7.40. The Kier molecular flexibility index (Phi) is 5.64. The largest absolute Gasteiger partial charge is 0.444 e. The molecule has 1 aromatic rings. The lowest BCUT2D eigenvalue weighted by Crippen LogP contribution is -2.56. The molecule has 0 saturated carbocycles. The average molecular weight is 358 g/mol. The number of piperidine rings is 2. The van der Waals surface area contributed by atoms with Crippen LogP contribution in [0.3, 0.4) is 0 Å². The van der Waals surface area contributed by atoms with Gasteiger partial charge in [0.2, 0.25) is 0 Å². The Morgan fingerprint density at radius 3 is 2.46 bits per heavy atom. The van der Waals surface area contributed by atoms with E-state index in [2.05, 4.69) is 4.98 Å². The number of rotatable bonds is 4. The van der Waals surface area contributed by atoms with E-state index in [0.717, 1.165) is 37.8 Å². The highest BCUT2D eigenvalue weighted by Gasteiger charge is 2.44. The van der Waals surface area contributed by atoms with Gasteiger partial charge < -0.3 is 9.64 Å². The smallest absolute Gasteiger partial charge is 0.410 e. The number of aryl methyl sites for hydroxylation is 1. The molecule has 0 aliphatic carbocycles. The van der Waals surface area contributed by atoms with E-state index >= 15 is 0 Å². The molecule has 1 amide bonds. The van der Waals surface area contributed by atoms with Gasteiger partial charge in [0, 0.05) is 36.3 Å². The highest BCUT2D eigenvalue weighted by atomic mass is 16.6. The molecule has 1 aromatic heterocycles. The summed E-state index contributed by atoms with van der Waals surface area (Å²) < 4.78 is 5.61. The minimum absolute atomic E-state index is 0.0627. The Morgan fingerprint density at radius 1 is 1.19 bits per heavy atom. The molecule has 3 rings (SSSR count). The average Bonchev–Trinajstić information content (AvgIpc) is 2.58. The molecule has 2 aliphatic heterocycles. The minimum atomic E-state index is -0.485. The van der Waals surface area contributed by atoms with Crippen molar-refractivity contribution in [3.8, 4) is 0 Å². The van der Waals surface area contributed by atoms with Crippen LogP contribution in [-0.2, 0) is 16.0 Å². The number of hydrogen-bond acceptors (Lipinski definition) is 4. The van der Waals surface area contributed by atoms with E-state index in [1.165, 1.54) is 0 Å². The van der Waals surface area contributed by atoms with E-state index in [-0.39, 0.29) is 24.1 Å². The van der Waals surface area contributed by atoms with Gasteiger partial charge in [-0.15, -0.1) is 0 Å². The number of fused-ring (bicyclic) bond motifs is 2. The molecule has 5 heteroatoms. The van der Waals surface area contributed by atoms with E-state index in [4.69, 9.17) is 4.74 Å². The van der Waals surface area contributed by atoms with Gasteiger partial charge in [-0.2, -0.15) is 0 Å². The summed E-state index contributed by atoms with van der Waals surface area (Å²) in [6.45, 7) is 5.69. The van der Waals surface area contributed by atoms with Crippen molar-refractivity contribution in [3.63, 3.8) is 0 Å². The number of ketones is 1. The first-order valence-corrected chi connectivity index (χ1v) is 9.77. The van der Waals surface area contributed by atoms with Crippen LogP contribution < -0.4 is 0 Å². The fourth-order valence-corrected chi connectivity index (χ4v) is 4.26. The van der Waals surface area contributed by atoms with Gasteiger partial charge in [-0.25, -0.2) is 4.79 Å². The molecule has 5 nitrogen and oxygen atoms in total. The van der Waals surface area contributed by atoms with Crippen LogP contribution in [0.15, 0.2) is 24.4 Å². The lowest BCUT2D eigenvalue weighted by Gasteiger charge is -2.48. The molecule has 2 saturated heterocycles. The van der Waals surface area contributed by atoms with Crippen molar-refractivity contribution in [1.29, 1.82) is 0 Å². The summed E-state index contributed by atoms with van der Waals surface area (Å²) >= 11 is 0. The predicted octanol–water partition coefficient (Wildman–Crippen LogP) is 4.15. The molecule has 3 heterocycles. The molecule has 2 fully saturated rings. The third kappa shape index (κ3) is 4.63. The summed E-state index contributed by atoms with van der Waals surface area (Å²) in [5, 5.41) is 0. The number of hydrogen-bond donors (Lipinski definition) is 0. The minimum Gasteiger partial charge on any atom is -0.444 e. The number of Topliss-reactive ketones (excluding diaryl/α,β-unsaturated/α-hetero) is 1. The van der Waals surface area contributed by atoms with Crippen LogP contribution in [0.25, 0.3) is 0 Å². The zero-order valence-corrected chi connectivity index (χ0v) is 16.1. The maximum absolute atomic E-state index is 12.7. The second-order valence-electron chi connectivity index (χ2n) is 8.58. The maximum Gasteiger partial charge on any atom is 0.410 e. The maximum atomic E-state index is 12.7. The summed E-state index contributed by atoms with van der Waals surface area (Å²) in [6, 6.07) is 6.09. The van der Waals surface area contributed by atoms with Crippen LogP contribution in [0.4, 0.5) is 4.79 Å². The number of carbonyl (C=O) groups is 2. The summed E-state index contributed by atoms with van der Waals surface area (Å²) in [5.74, 6) is 0.379. The molecule has 0 spiro atoms. The van der Waals surface area contributed by atoms with Crippen molar-refractivity contribution in [2.24, 2.45) is 5.92 Å². The van der Waals surface area contributed by atoms with Crippen molar-refractivity contribution >= 4 is 11.9 Å². The number of carbonyl (C=O) groups excluding carboxylic acids is 2. The van der Waals surface area contributed by atoms with E-state index in [1.54, 1.807) is 6.20 Å². The summed E-state index contributed by atoms with van der Waals surface area (Å²) in [7, 11) is 0. The van der Waals surface area contributed by atoms with Gasteiger partial charge in [0.15, 0.2) is 0 Å². The molecule has 142 valence electrons. The second kappa shape index (κ2) is 7.77. The van der Waals surface area contributed by atoms with Gasteiger partial charge in [0.05, 0.1) is 0 Å². The number of aromatic nitrogens is 1. The van der Waals surface area contributed by atoms with Gasteiger partial charge in [-0.3, -0.25) is 9.78 Å². The Balaban J connectivity index is 1.60. The molecule has 2 unspecified atom stereocenters. The Morgan fingerprint density at radius 2 is 1.88 bits per heavy atom. The zero-order valence-electron chi connectivity index (χ0n) is 16.1. The van der Waals surface area contributed by atoms with Crippen molar-refractivity contribution in [2.75, 3.05) is 0 Å². The molecule has 26 heavy (non-hydrogen) atoms. The third-order valence-corrected chi connectivity index (χ3v) is 5.39. The first-order valence-electron chi connectivity index (χ1n) is 9.77. The van der Waals surface area contributed by atoms with Crippen LogP contribution in [0.5, 0.6) is 0 Å². The third-order valence-electron chi connectivity index (χ3n) is 5.39. The monoisotopic (exact) mass is 358 g/mol. The van der Waals surface area contributed by atoms with Crippen LogP contribution in [-0.4, -0.2) is 39.4 Å². The Bertz CT molecular complexity index is 624. The van der Waals surface area contributed by atoms with Gasteiger partial charge in [-0.05, 0) is 71.4 Å². The quantitative estimate of drug-likeness (QED) is 0.811. The highest BCUT2D eigenvalue weighted by molar-refractivity contribution is 5.82. The predicted molar refractivity (Wildman–Crippen MR) is 99.8 cm³/mol. The molecule has 2 atom stereocenters. The molecular weight excluding hydrogens is 328 g/mol. The molecule has 2 bridgehead atoms. The molecule has 0 N–H and O–H groups in total. The van der Waals surface area contributed by atoms with Crippen LogP contribution in [0.1, 0.15) is 65.0 Å². The van der Waals surface area contributed by atoms with Crippen molar-refractivity contribution < 1.29 is 14.3 Å². The number of ether oxygens (including phenoxy) is 1. The van der Waals surface area contributed by atoms with E-state index < -0.39 is 5.60 Å². The lowest BCUT2D eigenvalue weighted by molar-refractivity contribution is -0.127. The first kappa shape index (κ1) is 18.9. The van der Waals surface area contributed by atoms with Crippen molar-refractivity contribution in [1.82, 2.24) is 9.88 Å². The van der Waals surface area contributed by atoms with Crippen molar-refractivity contribution in [2.45, 2.75) is 83.4 Å². The fraction of sp³-hybridized carbons (Fsp3) is 0.667. The molecule has 0 radical (unpaired) electrons. The first-order chi connectivity index (χ1) is 12.3. The number of nitrogens with zero attached hydrogens (tertiary/aromatic N) is 2. The van der Waals surface area contributed by atoms with Gasteiger partial charge in [-0.1, -0.05) is 6.07 Å². The molecule has 0 aromatic carbocycles. The van der Waals surface area contributed by atoms with E-state index in [1.807, 2.05) is 43.9 Å². The van der Waals surface area contributed by atoms with E-state index in [9.17, 15) is 9.59 Å². The highest BCUT2D eigenvalue weighted by Crippen LogP contribution is 2.38. The van der Waals surface area contributed by atoms with Crippen LogP contribution >= 0.6 is 0 Å². The van der Waals surface area contributed by atoms with E-state index in [0.29, 0.717) is 18.6 Å². The van der Waals surface area contributed by atoms with Crippen LogP contribution in [0.2, 0.25) is 0 Å². The normalized spacial score (nSPS) is 25.7. The summed E-state index contributed by atoms with van der Waals surface area (Å²) in [4.78, 5) is 31.6. The standard InChI is InChI=1S/C21H30N2O3/c1-21(2,3)26-20(25)23-17-8-6-9-18(23)14-15(13-17)19(24)11-10-16-7-4-5-12-22-16/h4-5,7,12,15,17-18H,6,8-11,13-14H2,1-3H3. The topological polar surface area (TPSA) is 59.5 Å². The zero-order chi connectivity index (χ0) is 18.7. The summed E-state index contributed by atoms with van der Waals surface area (Å²) in [5.41, 5.74) is 0.480. The second-order valence-corrected chi connectivity index (χ2v) is 8.58. The number of amides is 1. The Hall–Kier alpha value is -1.91.